The van der Waals surface area contributed by atoms with E-state index in [0.29, 0.717) is 22.0 Å². The Morgan fingerprint density at radius 1 is 1.22 bits per heavy atom. The highest BCUT2D eigenvalue weighted by atomic mass is 35.5. The monoisotopic (exact) mass is 328 g/mol. The number of aromatic hydroxyl groups is 1. The molecule has 1 aromatic heterocycles. The number of benzene rings is 2. The summed E-state index contributed by atoms with van der Waals surface area (Å²) < 4.78 is 5.16. The van der Waals surface area contributed by atoms with Gasteiger partial charge in [0.15, 0.2) is 11.5 Å². The van der Waals surface area contributed by atoms with Gasteiger partial charge in [-0.1, -0.05) is 35.0 Å². The van der Waals surface area contributed by atoms with E-state index in [2.05, 4.69) is 10.5 Å². The number of phenols is 1. The molecule has 5 nitrogen and oxygen atoms in total. The zero-order chi connectivity index (χ0) is 16.4. The minimum Gasteiger partial charge on any atom is -0.508 e. The first kappa shape index (κ1) is 15.1. The van der Waals surface area contributed by atoms with Crippen LogP contribution in [0.4, 0.5) is 5.69 Å². The first-order valence-corrected chi connectivity index (χ1v) is 7.24. The van der Waals surface area contributed by atoms with Gasteiger partial charge in [0.05, 0.1) is 0 Å². The molecule has 0 atom stereocenters. The fourth-order valence-electron chi connectivity index (χ4n) is 2.04. The van der Waals surface area contributed by atoms with Gasteiger partial charge in [0.25, 0.3) is 5.91 Å². The molecule has 0 aliphatic rings. The lowest BCUT2D eigenvalue weighted by molar-refractivity contribution is 0.101. The van der Waals surface area contributed by atoms with Crippen molar-refractivity contribution in [2.75, 3.05) is 5.32 Å². The molecule has 0 aliphatic heterocycles. The predicted octanol–water partition coefficient (Wildman–Crippen LogP) is 4.26. The third-order valence-corrected chi connectivity index (χ3v) is 3.71. The summed E-state index contributed by atoms with van der Waals surface area (Å²) in [6.45, 7) is 1.88. The summed E-state index contributed by atoms with van der Waals surface area (Å²) >= 11 is 6.03. The lowest BCUT2D eigenvalue weighted by Gasteiger charge is -2.04. The van der Waals surface area contributed by atoms with E-state index in [4.69, 9.17) is 16.1 Å². The van der Waals surface area contributed by atoms with E-state index in [1.165, 1.54) is 12.1 Å². The van der Waals surface area contributed by atoms with Crippen LogP contribution in [0.3, 0.4) is 0 Å². The highest BCUT2D eigenvalue weighted by Gasteiger charge is 2.14. The number of anilines is 1. The zero-order valence-electron chi connectivity index (χ0n) is 12.2. The van der Waals surface area contributed by atoms with Crippen molar-refractivity contribution in [2.24, 2.45) is 0 Å². The Hall–Kier alpha value is -2.79. The third-order valence-electron chi connectivity index (χ3n) is 3.30. The van der Waals surface area contributed by atoms with Crippen molar-refractivity contribution in [1.82, 2.24) is 5.16 Å². The van der Waals surface area contributed by atoms with Crippen molar-refractivity contribution in [3.8, 4) is 17.1 Å². The lowest BCUT2D eigenvalue weighted by Crippen LogP contribution is -2.12. The molecule has 0 bridgehead atoms. The van der Waals surface area contributed by atoms with Gasteiger partial charge in [-0.25, -0.2) is 0 Å². The van der Waals surface area contributed by atoms with E-state index < -0.39 is 5.91 Å². The van der Waals surface area contributed by atoms with Crippen molar-refractivity contribution in [3.63, 3.8) is 0 Å². The number of halogens is 1. The topological polar surface area (TPSA) is 75.4 Å². The number of nitrogens with one attached hydrogen (secondary N) is 1. The highest BCUT2D eigenvalue weighted by Crippen LogP contribution is 2.25. The van der Waals surface area contributed by atoms with Crippen LogP contribution in [0.25, 0.3) is 11.3 Å². The molecule has 0 fully saturated rings. The van der Waals surface area contributed by atoms with Crippen molar-refractivity contribution >= 4 is 23.2 Å². The normalized spacial score (nSPS) is 10.5. The number of hydrogen-bond donors (Lipinski definition) is 2. The van der Waals surface area contributed by atoms with E-state index in [0.717, 1.165) is 5.56 Å². The second-order valence-corrected chi connectivity index (χ2v) is 5.45. The van der Waals surface area contributed by atoms with Crippen molar-refractivity contribution in [2.45, 2.75) is 6.92 Å². The number of amides is 1. The summed E-state index contributed by atoms with van der Waals surface area (Å²) in [6, 6.07) is 13.3. The maximum Gasteiger partial charge on any atom is 0.277 e. The van der Waals surface area contributed by atoms with Crippen LogP contribution in [0.5, 0.6) is 5.75 Å². The van der Waals surface area contributed by atoms with Gasteiger partial charge in [0, 0.05) is 22.3 Å². The predicted molar refractivity (Wildman–Crippen MR) is 87.7 cm³/mol. The molecule has 3 rings (SSSR count). The summed E-state index contributed by atoms with van der Waals surface area (Å²) in [5, 5.41) is 16.5. The number of carbonyl (C=O) groups excluding carboxylic acids is 1. The molecule has 1 amide bonds. The SMILES string of the molecule is Cc1ccc(NC(=O)c2cc(-c3cccc(O)c3)on2)cc1Cl. The largest absolute Gasteiger partial charge is 0.508 e. The van der Waals surface area contributed by atoms with E-state index in [1.54, 1.807) is 30.3 Å². The number of aromatic nitrogens is 1. The van der Waals surface area contributed by atoms with Crippen molar-refractivity contribution < 1.29 is 14.4 Å². The summed E-state index contributed by atoms with van der Waals surface area (Å²) in [5.74, 6) is 0.104. The van der Waals surface area contributed by atoms with Crippen LogP contribution in [-0.4, -0.2) is 16.2 Å². The highest BCUT2D eigenvalue weighted by molar-refractivity contribution is 6.31. The molecule has 0 aliphatic carbocycles. The molecule has 0 unspecified atom stereocenters. The Kier molecular flexibility index (Phi) is 4.04. The van der Waals surface area contributed by atoms with Crippen LogP contribution >= 0.6 is 11.6 Å². The van der Waals surface area contributed by atoms with E-state index in [9.17, 15) is 9.90 Å². The second-order valence-electron chi connectivity index (χ2n) is 5.04. The smallest absolute Gasteiger partial charge is 0.277 e. The molecular formula is C17H13ClN2O3. The van der Waals surface area contributed by atoms with Crippen LogP contribution in [0, 0.1) is 6.92 Å². The van der Waals surface area contributed by atoms with Gasteiger partial charge in [0.2, 0.25) is 0 Å². The number of carbonyl (C=O) groups is 1. The van der Waals surface area contributed by atoms with Gasteiger partial charge in [-0.2, -0.15) is 0 Å². The van der Waals surface area contributed by atoms with Crippen molar-refractivity contribution in [3.05, 3.63) is 64.8 Å². The molecule has 0 saturated carbocycles. The molecule has 0 radical (unpaired) electrons. The van der Waals surface area contributed by atoms with Gasteiger partial charge >= 0.3 is 0 Å². The molecule has 23 heavy (non-hydrogen) atoms. The fourth-order valence-corrected chi connectivity index (χ4v) is 2.22. The van der Waals surface area contributed by atoms with Gasteiger partial charge < -0.3 is 14.9 Å². The summed E-state index contributed by atoms with van der Waals surface area (Å²) in [5.41, 5.74) is 2.28. The summed E-state index contributed by atoms with van der Waals surface area (Å²) in [6.07, 6.45) is 0. The molecule has 1 heterocycles. The molecule has 2 N–H and O–H groups in total. The Morgan fingerprint density at radius 3 is 2.78 bits per heavy atom. The third kappa shape index (κ3) is 3.35. The number of rotatable bonds is 3. The Bertz CT molecular complexity index is 874. The number of phenolic OH excluding ortho intramolecular Hbond substituents is 1. The molecular weight excluding hydrogens is 316 g/mol. The average molecular weight is 329 g/mol. The zero-order valence-corrected chi connectivity index (χ0v) is 13.0. The Balaban J connectivity index is 1.79. The quantitative estimate of drug-likeness (QED) is 0.753. The van der Waals surface area contributed by atoms with Gasteiger partial charge in [-0.05, 0) is 36.8 Å². The van der Waals surface area contributed by atoms with Gasteiger partial charge in [0.1, 0.15) is 5.75 Å². The van der Waals surface area contributed by atoms with E-state index in [1.807, 2.05) is 13.0 Å². The van der Waals surface area contributed by atoms with E-state index >= 15 is 0 Å². The molecule has 6 heteroatoms. The van der Waals surface area contributed by atoms with E-state index in [-0.39, 0.29) is 11.4 Å². The van der Waals surface area contributed by atoms with Crippen LogP contribution in [0.15, 0.2) is 53.1 Å². The van der Waals surface area contributed by atoms with Gasteiger partial charge in [-0.3, -0.25) is 4.79 Å². The Morgan fingerprint density at radius 2 is 2.04 bits per heavy atom. The molecule has 2 aromatic carbocycles. The second kappa shape index (κ2) is 6.14. The lowest BCUT2D eigenvalue weighted by atomic mass is 10.1. The molecule has 116 valence electrons. The molecule has 0 saturated heterocycles. The molecule has 3 aromatic rings. The van der Waals surface area contributed by atoms with Gasteiger partial charge in [-0.15, -0.1) is 0 Å². The number of aryl methyl sites for hydroxylation is 1. The summed E-state index contributed by atoms with van der Waals surface area (Å²) in [7, 11) is 0. The standard InChI is InChI=1S/C17H13ClN2O3/c1-10-5-6-12(8-14(10)18)19-17(22)15-9-16(23-20-15)11-3-2-4-13(21)7-11/h2-9,21H,1H3,(H,19,22). The van der Waals surface area contributed by atoms with Crippen molar-refractivity contribution in [1.29, 1.82) is 0 Å². The first-order chi connectivity index (χ1) is 11.0. The summed E-state index contributed by atoms with van der Waals surface area (Å²) in [4.78, 5) is 12.2. The number of hydrogen-bond acceptors (Lipinski definition) is 4. The maximum atomic E-state index is 12.2. The van der Waals surface area contributed by atoms with Crippen LogP contribution in [0.1, 0.15) is 16.1 Å². The molecule has 0 spiro atoms. The van der Waals surface area contributed by atoms with Crippen LogP contribution in [-0.2, 0) is 0 Å². The van der Waals surface area contributed by atoms with Crippen LogP contribution in [0.2, 0.25) is 5.02 Å². The maximum absolute atomic E-state index is 12.2. The first-order valence-electron chi connectivity index (χ1n) is 6.86. The average Bonchev–Trinajstić information content (AvgIpc) is 3.01. The Labute approximate surface area is 137 Å². The minimum atomic E-state index is -0.403. The fraction of sp³-hybridized carbons (Fsp3) is 0.0588. The minimum absolute atomic E-state index is 0.110. The number of nitrogens with zero attached hydrogens (tertiary/aromatic N) is 1. The van der Waals surface area contributed by atoms with Crippen LogP contribution < -0.4 is 5.32 Å².